The van der Waals surface area contributed by atoms with Gasteiger partial charge in [0.05, 0.1) is 18.8 Å². The molecule has 0 saturated heterocycles. The SMILES string of the molecule is C#C[C@]1(O)CCC2C3C(CC[C@@]21C)[C@@]1(CO)CC[C@@H](O)CC1=C[C@@H]3O. The third-order valence-electron chi connectivity index (χ3n) is 8.50. The van der Waals surface area contributed by atoms with Crippen LogP contribution in [0, 0.1) is 40.9 Å². The van der Waals surface area contributed by atoms with Crippen molar-refractivity contribution < 1.29 is 20.4 Å². The molecule has 25 heavy (non-hydrogen) atoms. The topological polar surface area (TPSA) is 80.9 Å². The summed E-state index contributed by atoms with van der Waals surface area (Å²) in [5.74, 6) is 3.03. The standard InChI is InChI=1S/C21H30O4/c1-3-21(25)9-6-15-18-16(5-7-19(15,21)2)20(12-22)8-4-14(23)10-13(20)11-17(18)24/h1,11,14-18,22-25H,4-10,12H2,2H3/t14-,15?,16?,17+,18?,19+,20-,21+/m1/s1. The minimum atomic E-state index is -1.10. The highest BCUT2D eigenvalue weighted by Crippen LogP contribution is 2.66. The van der Waals surface area contributed by atoms with E-state index in [0.717, 1.165) is 31.3 Å². The first-order valence-corrected chi connectivity index (χ1v) is 9.70. The van der Waals surface area contributed by atoms with E-state index < -0.39 is 11.7 Å². The van der Waals surface area contributed by atoms with Gasteiger partial charge in [-0.25, -0.2) is 0 Å². The van der Waals surface area contributed by atoms with Gasteiger partial charge in [0.1, 0.15) is 5.60 Å². The molecule has 0 aromatic carbocycles. The largest absolute Gasteiger partial charge is 0.395 e. The Bertz CT molecular complexity index is 636. The molecular weight excluding hydrogens is 316 g/mol. The third-order valence-corrected chi connectivity index (χ3v) is 8.50. The van der Waals surface area contributed by atoms with Gasteiger partial charge in [0.25, 0.3) is 0 Å². The zero-order chi connectivity index (χ0) is 18.0. The molecule has 0 amide bonds. The van der Waals surface area contributed by atoms with Crippen molar-refractivity contribution in [2.75, 3.05) is 6.61 Å². The zero-order valence-corrected chi connectivity index (χ0v) is 15.0. The Hall–Kier alpha value is -0.860. The van der Waals surface area contributed by atoms with Gasteiger partial charge in [-0.3, -0.25) is 0 Å². The highest BCUT2D eigenvalue weighted by molar-refractivity contribution is 5.31. The van der Waals surface area contributed by atoms with Crippen LogP contribution in [0.1, 0.15) is 51.9 Å². The number of hydrogen-bond donors (Lipinski definition) is 4. The van der Waals surface area contributed by atoms with Crippen molar-refractivity contribution >= 4 is 0 Å². The summed E-state index contributed by atoms with van der Waals surface area (Å²) in [5.41, 5.74) is -0.751. The van der Waals surface area contributed by atoms with Crippen LogP contribution in [0.2, 0.25) is 0 Å². The summed E-state index contributed by atoms with van der Waals surface area (Å²) in [5, 5.41) is 42.4. The Morgan fingerprint density at radius 1 is 1.16 bits per heavy atom. The molecule has 4 nitrogen and oxygen atoms in total. The second kappa shape index (κ2) is 5.57. The Balaban J connectivity index is 1.77. The Morgan fingerprint density at radius 2 is 1.88 bits per heavy atom. The summed E-state index contributed by atoms with van der Waals surface area (Å²) in [6, 6.07) is 0. The second-order valence-electron chi connectivity index (χ2n) is 9.18. The summed E-state index contributed by atoms with van der Waals surface area (Å²) in [7, 11) is 0. The van der Waals surface area contributed by atoms with E-state index >= 15 is 0 Å². The Morgan fingerprint density at radius 3 is 2.56 bits per heavy atom. The fourth-order valence-corrected chi connectivity index (χ4v) is 6.99. The number of fused-ring (bicyclic) bond motifs is 5. The summed E-state index contributed by atoms with van der Waals surface area (Å²) >= 11 is 0. The lowest BCUT2D eigenvalue weighted by Crippen LogP contribution is -2.58. The smallest absolute Gasteiger partial charge is 0.130 e. The molecule has 0 aliphatic heterocycles. The maximum atomic E-state index is 11.0. The van der Waals surface area contributed by atoms with Crippen molar-refractivity contribution in [3.05, 3.63) is 11.6 Å². The van der Waals surface area contributed by atoms with Gasteiger partial charge in [0, 0.05) is 10.8 Å². The molecule has 0 radical (unpaired) electrons. The minimum absolute atomic E-state index is 0.0206. The maximum absolute atomic E-state index is 11.0. The molecule has 4 aliphatic carbocycles. The molecule has 4 rings (SSSR count). The molecule has 138 valence electrons. The van der Waals surface area contributed by atoms with Gasteiger partial charge in [-0.2, -0.15) is 0 Å². The van der Waals surface area contributed by atoms with E-state index in [2.05, 4.69) is 12.8 Å². The fraction of sp³-hybridized carbons (Fsp3) is 0.810. The van der Waals surface area contributed by atoms with E-state index in [0.29, 0.717) is 19.3 Å². The van der Waals surface area contributed by atoms with Crippen LogP contribution in [0.3, 0.4) is 0 Å². The zero-order valence-electron chi connectivity index (χ0n) is 15.0. The van der Waals surface area contributed by atoms with Gasteiger partial charge in [-0.05, 0) is 62.7 Å². The summed E-state index contributed by atoms with van der Waals surface area (Å²) in [4.78, 5) is 0. The second-order valence-corrected chi connectivity index (χ2v) is 9.18. The van der Waals surface area contributed by atoms with Gasteiger partial charge in [0.15, 0.2) is 0 Å². The van der Waals surface area contributed by atoms with Gasteiger partial charge >= 0.3 is 0 Å². The van der Waals surface area contributed by atoms with E-state index in [1.807, 2.05) is 6.08 Å². The molecule has 0 bridgehead atoms. The van der Waals surface area contributed by atoms with Crippen LogP contribution in [-0.4, -0.2) is 44.8 Å². The molecule has 3 unspecified atom stereocenters. The van der Waals surface area contributed by atoms with Gasteiger partial charge in [-0.15, -0.1) is 6.42 Å². The van der Waals surface area contributed by atoms with E-state index in [9.17, 15) is 20.4 Å². The first kappa shape index (κ1) is 17.5. The summed E-state index contributed by atoms with van der Waals surface area (Å²) in [6.07, 6.45) is 11.7. The fourth-order valence-electron chi connectivity index (χ4n) is 6.99. The maximum Gasteiger partial charge on any atom is 0.130 e. The number of hydrogen-bond acceptors (Lipinski definition) is 4. The van der Waals surface area contributed by atoms with Crippen molar-refractivity contribution in [3.63, 3.8) is 0 Å². The van der Waals surface area contributed by atoms with Crippen LogP contribution in [0.25, 0.3) is 0 Å². The predicted octanol–water partition coefficient (Wildman–Crippen LogP) is 1.62. The third kappa shape index (κ3) is 2.10. The quantitative estimate of drug-likeness (QED) is 0.430. The van der Waals surface area contributed by atoms with Gasteiger partial charge in [-0.1, -0.05) is 24.5 Å². The van der Waals surface area contributed by atoms with E-state index in [-0.39, 0.29) is 41.3 Å². The molecule has 0 heterocycles. The molecule has 3 saturated carbocycles. The van der Waals surface area contributed by atoms with Crippen molar-refractivity contribution in [3.8, 4) is 12.3 Å². The van der Waals surface area contributed by atoms with Gasteiger partial charge in [0.2, 0.25) is 0 Å². The molecule has 0 spiro atoms. The predicted molar refractivity (Wildman–Crippen MR) is 94.3 cm³/mol. The first-order valence-electron chi connectivity index (χ1n) is 9.70. The normalized spacial score (nSPS) is 54.7. The lowest BCUT2D eigenvalue weighted by atomic mass is 9.46. The molecule has 3 fully saturated rings. The number of aliphatic hydroxyl groups is 4. The van der Waals surface area contributed by atoms with Crippen molar-refractivity contribution in [2.45, 2.75) is 69.7 Å². The van der Waals surface area contributed by atoms with Crippen molar-refractivity contribution in [1.29, 1.82) is 0 Å². The highest BCUT2D eigenvalue weighted by atomic mass is 16.3. The summed E-state index contributed by atoms with van der Waals surface area (Å²) in [6.45, 7) is 2.16. The molecule has 0 aromatic heterocycles. The number of aliphatic hydroxyl groups excluding tert-OH is 3. The van der Waals surface area contributed by atoms with Crippen LogP contribution >= 0.6 is 0 Å². The van der Waals surface area contributed by atoms with Crippen LogP contribution in [0.4, 0.5) is 0 Å². The number of rotatable bonds is 1. The minimum Gasteiger partial charge on any atom is -0.395 e. The average molecular weight is 346 g/mol. The van der Waals surface area contributed by atoms with Crippen molar-refractivity contribution in [1.82, 2.24) is 0 Å². The monoisotopic (exact) mass is 346 g/mol. The Labute approximate surface area is 150 Å². The molecule has 4 aliphatic rings. The van der Waals surface area contributed by atoms with Crippen molar-refractivity contribution in [2.24, 2.45) is 28.6 Å². The molecule has 8 atom stereocenters. The first-order chi connectivity index (χ1) is 11.8. The molecule has 4 N–H and O–H groups in total. The highest BCUT2D eigenvalue weighted by Gasteiger charge is 2.65. The van der Waals surface area contributed by atoms with Gasteiger partial charge < -0.3 is 20.4 Å². The molecule has 0 aromatic rings. The average Bonchev–Trinajstić information content (AvgIpc) is 2.87. The summed E-state index contributed by atoms with van der Waals surface area (Å²) < 4.78 is 0. The lowest BCUT2D eigenvalue weighted by Gasteiger charge is -2.59. The van der Waals surface area contributed by atoms with Crippen LogP contribution in [0.15, 0.2) is 11.6 Å². The van der Waals surface area contributed by atoms with Crippen LogP contribution < -0.4 is 0 Å². The van der Waals surface area contributed by atoms with Crippen LogP contribution in [-0.2, 0) is 0 Å². The Kier molecular flexibility index (Phi) is 3.91. The van der Waals surface area contributed by atoms with E-state index in [1.165, 1.54) is 0 Å². The molecule has 4 heteroatoms. The van der Waals surface area contributed by atoms with E-state index in [1.54, 1.807) is 0 Å². The number of terminal acetylenes is 1. The van der Waals surface area contributed by atoms with E-state index in [4.69, 9.17) is 6.42 Å². The lowest BCUT2D eigenvalue weighted by molar-refractivity contribution is -0.134. The molecular formula is C21H30O4. The van der Waals surface area contributed by atoms with Crippen LogP contribution in [0.5, 0.6) is 0 Å².